The van der Waals surface area contributed by atoms with Crippen LogP contribution in [0, 0.1) is 0 Å². The van der Waals surface area contributed by atoms with Gasteiger partial charge >= 0.3 is 19.9 Å². The molecule has 2 heterocycles. The van der Waals surface area contributed by atoms with Crippen molar-refractivity contribution in [1.82, 2.24) is 19.6 Å². The van der Waals surface area contributed by atoms with Crippen molar-refractivity contribution < 1.29 is 46.2 Å². The third-order valence-electron chi connectivity index (χ3n) is 6.36. The number of ether oxygens (including phenoxy) is 2. The average molecular weight is 654 g/mol. The van der Waals surface area contributed by atoms with Crippen LogP contribution in [-0.4, -0.2) is 50.2 Å². The molecule has 0 aliphatic heterocycles. The van der Waals surface area contributed by atoms with E-state index in [0.29, 0.717) is 34.4 Å². The first-order valence-electron chi connectivity index (χ1n) is 14.0. The van der Waals surface area contributed by atoms with Gasteiger partial charge in [-0.2, -0.15) is 18.3 Å². The number of rotatable bonds is 13. The van der Waals surface area contributed by atoms with Crippen LogP contribution in [-0.2, 0) is 42.7 Å². The van der Waals surface area contributed by atoms with E-state index in [1.54, 1.807) is 49.6 Å². The molecule has 4 rings (SSSR count). The molecule has 0 aliphatic rings. The number of hydrogen-bond donors (Lipinski definition) is 3. The highest BCUT2D eigenvalue weighted by Gasteiger charge is 2.41. The van der Waals surface area contributed by atoms with Crippen LogP contribution in [0.1, 0.15) is 46.0 Å². The lowest BCUT2D eigenvalue weighted by Crippen LogP contribution is -2.40. The van der Waals surface area contributed by atoms with Crippen LogP contribution >= 0.6 is 7.75 Å². The standard InChI is InChI=1S/C29H35F3N5O7P/c1-6-41-15-23-35-24-25(21-9-7-8-10-22(21)34-26(24)33)37(23)16-28(5,39)44-45(40,36-18(4)27(38)42-17(2)3)43-20-13-11-19(12-14-20)29(30,31)32/h7-14,17-18,39H,6,15-16H2,1-5H3,(H2,33,34)(H,36,40)/t18-,28?,45-/m0/s1. The van der Waals surface area contributed by atoms with E-state index in [9.17, 15) is 27.6 Å². The number of para-hydroxylation sites is 1. The molecule has 1 unspecified atom stereocenters. The first-order chi connectivity index (χ1) is 21.0. The lowest BCUT2D eigenvalue weighted by Gasteiger charge is -2.31. The molecule has 0 radical (unpaired) electrons. The predicted molar refractivity (Wildman–Crippen MR) is 160 cm³/mol. The zero-order valence-corrected chi connectivity index (χ0v) is 26.2. The number of carbonyl (C=O) groups excluding carboxylic acids is 1. The number of aliphatic hydroxyl groups is 1. The maximum atomic E-state index is 14.2. The minimum Gasteiger partial charge on any atom is -0.462 e. The van der Waals surface area contributed by atoms with Crippen molar-refractivity contribution >= 4 is 41.5 Å². The van der Waals surface area contributed by atoms with Gasteiger partial charge in [-0.3, -0.25) is 9.32 Å². The van der Waals surface area contributed by atoms with E-state index >= 15 is 0 Å². The fourth-order valence-corrected chi connectivity index (χ4v) is 6.20. The highest BCUT2D eigenvalue weighted by atomic mass is 31.2. The van der Waals surface area contributed by atoms with E-state index in [4.69, 9.17) is 24.3 Å². The van der Waals surface area contributed by atoms with Gasteiger partial charge in [0.25, 0.3) is 0 Å². The Morgan fingerprint density at radius 2 is 1.78 bits per heavy atom. The number of hydrogen-bond acceptors (Lipinski definition) is 10. The molecule has 16 heteroatoms. The summed E-state index contributed by atoms with van der Waals surface area (Å²) < 4.78 is 77.1. The van der Waals surface area contributed by atoms with Crippen LogP contribution in [0.4, 0.5) is 19.0 Å². The topological polar surface area (TPSA) is 160 Å². The maximum Gasteiger partial charge on any atom is 0.462 e. The number of imidazole rings is 1. The van der Waals surface area contributed by atoms with E-state index in [-0.39, 0.29) is 18.2 Å². The van der Waals surface area contributed by atoms with Crippen molar-refractivity contribution in [3.05, 3.63) is 59.9 Å². The number of carbonyl (C=O) groups is 1. The Labute approximate surface area is 257 Å². The summed E-state index contributed by atoms with van der Waals surface area (Å²) in [5, 5.41) is 14.7. The van der Waals surface area contributed by atoms with Crippen molar-refractivity contribution in [3.8, 4) is 5.75 Å². The van der Waals surface area contributed by atoms with E-state index in [1.165, 1.54) is 13.8 Å². The maximum absolute atomic E-state index is 14.2. The second-order valence-electron chi connectivity index (χ2n) is 10.7. The Bertz CT molecular complexity index is 1710. The van der Waals surface area contributed by atoms with Gasteiger partial charge in [0, 0.05) is 12.0 Å². The van der Waals surface area contributed by atoms with Crippen LogP contribution in [0.15, 0.2) is 48.5 Å². The number of halogens is 3. The zero-order valence-electron chi connectivity index (χ0n) is 25.3. The number of nitrogen functional groups attached to an aromatic ring is 1. The summed E-state index contributed by atoms with van der Waals surface area (Å²) >= 11 is 0. The Balaban J connectivity index is 1.74. The van der Waals surface area contributed by atoms with Gasteiger partial charge in [-0.15, -0.1) is 0 Å². The molecule has 0 fully saturated rings. The first kappa shape index (κ1) is 34.1. The van der Waals surface area contributed by atoms with Gasteiger partial charge in [0.2, 0.25) is 0 Å². The normalized spacial score (nSPS) is 15.6. The number of benzene rings is 2. The average Bonchev–Trinajstić information content (AvgIpc) is 3.28. The molecule has 12 nitrogen and oxygen atoms in total. The monoisotopic (exact) mass is 653 g/mol. The molecule has 0 saturated heterocycles. The van der Waals surface area contributed by atoms with Crippen molar-refractivity contribution in [2.75, 3.05) is 12.3 Å². The highest BCUT2D eigenvalue weighted by molar-refractivity contribution is 7.52. The summed E-state index contributed by atoms with van der Waals surface area (Å²) in [5.74, 6) is -2.91. The van der Waals surface area contributed by atoms with Gasteiger partial charge in [0.15, 0.2) is 11.6 Å². The molecule has 0 aliphatic carbocycles. The molecular weight excluding hydrogens is 618 g/mol. The summed E-state index contributed by atoms with van der Waals surface area (Å²) in [4.78, 5) is 21.6. The lowest BCUT2D eigenvalue weighted by atomic mass is 10.2. The number of esters is 1. The molecule has 0 spiro atoms. The number of fused-ring (bicyclic) bond motifs is 3. The zero-order chi connectivity index (χ0) is 33.2. The van der Waals surface area contributed by atoms with Gasteiger partial charge in [-0.25, -0.2) is 14.5 Å². The molecular formula is C29H35F3N5O7P. The Hall–Kier alpha value is -3.75. The quantitative estimate of drug-likeness (QED) is 0.0941. The molecule has 2 aromatic heterocycles. The summed E-state index contributed by atoms with van der Waals surface area (Å²) in [6.45, 7) is 7.54. The Kier molecular flexibility index (Phi) is 10.1. The van der Waals surface area contributed by atoms with Crippen LogP contribution in [0.3, 0.4) is 0 Å². The van der Waals surface area contributed by atoms with E-state index in [0.717, 1.165) is 24.3 Å². The number of nitrogens with two attached hydrogens (primary N) is 1. The molecule has 244 valence electrons. The van der Waals surface area contributed by atoms with Gasteiger partial charge in [0.1, 0.15) is 29.7 Å². The number of anilines is 1. The van der Waals surface area contributed by atoms with E-state index < -0.39 is 49.9 Å². The van der Waals surface area contributed by atoms with Gasteiger partial charge < -0.3 is 29.4 Å². The summed E-state index contributed by atoms with van der Waals surface area (Å²) in [6, 6.07) is 9.20. The van der Waals surface area contributed by atoms with Gasteiger partial charge in [-0.1, -0.05) is 18.2 Å². The van der Waals surface area contributed by atoms with E-state index in [2.05, 4.69) is 15.1 Å². The van der Waals surface area contributed by atoms with Crippen LogP contribution in [0.5, 0.6) is 5.75 Å². The van der Waals surface area contributed by atoms with Crippen molar-refractivity contribution in [3.63, 3.8) is 0 Å². The minimum atomic E-state index is -4.73. The largest absolute Gasteiger partial charge is 0.462 e. The third-order valence-corrected chi connectivity index (χ3v) is 8.15. The van der Waals surface area contributed by atoms with Crippen LogP contribution in [0.2, 0.25) is 0 Å². The fraction of sp³-hybridized carbons (Fsp3) is 0.414. The number of nitrogens with one attached hydrogen (secondary N) is 1. The molecule has 45 heavy (non-hydrogen) atoms. The number of alkyl halides is 3. The van der Waals surface area contributed by atoms with Crippen molar-refractivity contribution in [2.24, 2.45) is 0 Å². The second-order valence-corrected chi connectivity index (χ2v) is 12.3. The predicted octanol–water partition coefficient (Wildman–Crippen LogP) is 5.56. The molecule has 0 saturated carbocycles. The minimum absolute atomic E-state index is 0.0189. The fourth-order valence-electron chi connectivity index (χ4n) is 4.50. The molecule has 4 aromatic rings. The Morgan fingerprint density at radius 3 is 2.40 bits per heavy atom. The highest BCUT2D eigenvalue weighted by Crippen LogP contribution is 2.49. The van der Waals surface area contributed by atoms with Crippen molar-refractivity contribution in [2.45, 2.75) is 71.9 Å². The smallest absolute Gasteiger partial charge is 0.462 e. The van der Waals surface area contributed by atoms with Crippen LogP contribution in [0.25, 0.3) is 21.9 Å². The molecule has 0 bridgehead atoms. The van der Waals surface area contributed by atoms with Crippen molar-refractivity contribution in [1.29, 1.82) is 0 Å². The number of pyridine rings is 1. The lowest BCUT2D eigenvalue weighted by molar-refractivity contribution is -0.151. The van der Waals surface area contributed by atoms with Crippen LogP contribution < -0.4 is 15.3 Å². The van der Waals surface area contributed by atoms with Gasteiger partial charge in [0.05, 0.1) is 29.2 Å². The number of aromatic nitrogens is 3. The SMILES string of the molecule is CCOCc1nc2c(N)nc3ccccc3c2n1CC(C)(O)O[P@](=O)(N[C@@H](C)C(=O)OC(C)C)Oc1ccc(C(F)(F)F)cc1. The summed E-state index contributed by atoms with van der Waals surface area (Å²) in [6.07, 6.45) is -5.12. The second kappa shape index (κ2) is 13.3. The molecule has 4 N–H and O–H groups in total. The molecule has 0 amide bonds. The molecule has 3 atom stereocenters. The Morgan fingerprint density at radius 1 is 1.11 bits per heavy atom. The summed E-state index contributed by atoms with van der Waals surface area (Å²) in [7, 11) is -4.73. The summed E-state index contributed by atoms with van der Waals surface area (Å²) in [5.41, 5.74) is 6.66. The number of nitrogens with zero attached hydrogens (tertiary/aromatic N) is 3. The first-order valence-corrected chi connectivity index (χ1v) is 15.6. The van der Waals surface area contributed by atoms with E-state index in [1.807, 2.05) is 0 Å². The molecule has 2 aromatic carbocycles. The van der Waals surface area contributed by atoms with Gasteiger partial charge in [-0.05, 0) is 65.0 Å². The third kappa shape index (κ3) is 8.30.